The quantitative estimate of drug-likeness (QED) is 0.688. The number of carbonyl (C=O) groups is 2. The van der Waals surface area contributed by atoms with E-state index < -0.39 is 0 Å². The zero-order chi connectivity index (χ0) is 13.4. The number of hydrogen-bond acceptors (Lipinski definition) is 4. The van der Waals surface area contributed by atoms with Gasteiger partial charge in [-0.25, -0.2) is 0 Å². The van der Waals surface area contributed by atoms with E-state index in [1.807, 2.05) is 4.90 Å². The third-order valence-corrected chi connectivity index (χ3v) is 3.29. The Balaban J connectivity index is 2.35. The van der Waals surface area contributed by atoms with Crippen LogP contribution in [0.1, 0.15) is 39.0 Å². The van der Waals surface area contributed by atoms with Crippen LogP contribution < -0.4 is 5.32 Å². The molecule has 1 atom stereocenters. The van der Waals surface area contributed by atoms with E-state index in [0.717, 1.165) is 45.2 Å². The molecule has 1 aliphatic heterocycles. The molecule has 1 unspecified atom stereocenters. The summed E-state index contributed by atoms with van der Waals surface area (Å²) in [4.78, 5) is 25.2. The smallest absolute Gasteiger partial charge is 0.322 e. The first-order valence-electron chi connectivity index (χ1n) is 6.78. The van der Waals surface area contributed by atoms with Crippen LogP contribution in [0.4, 0.5) is 0 Å². The number of nitrogens with one attached hydrogen (secondary N) is 1. The molecule has 1 saturated heterocycles. The maximum atomic E-state index is 11.8. The standard InChI is InChI=1S/C13H24N2O3/c1-3-4-7-11(13(17)18-2)14-10-12(16)15-8-5-6-9-15/h11,14H,3-10H2,1-2H3. The molecule has 1 aliphatic rings. The van der Waals surface area contributed by atoms with Gasteiger partial charge < -0.3 is 9.64 Å². The van der Waals surface area contributed by atoms with Crippen LogP contribution in [0.5, 0.6) is 0 Å². The summed E-state index contributed by atoms with van der Waals surface area (Å²) in [6.07, 6.45) is 4.86. The van der Waals surface area contributed by atoms with Gasteiger partial charge in [0, 0.05) is 13.1 Å². The number of amides is 1. The molecule has 0 bridgehead atoms. The van der Waals surface area contributed by atoms with Crippen LogP contribution in [-0.4, -0.2) is 49.6 Å². The van der Waals surface area contributed by atoms with Crippen molar-refractivity contribution in [3.05, 3.63) is 0 Å². The maximum absolute atomic E-state index is 11.8. The number of hydrogen-bond donors (Lipinski definition) is 1. The zero-order valence-electron chi connectivity index (χ0n) is 11.4. The lowest BCUT2D eigenvalue weighted by Crippen LogP contribution is -2.44. The second-order valence-electron chi connectivity index (χ2n) is 4.69. The summed E-state index contributed by atoms with van der Waals surface area (Å²) in [6.45, 7) is 3.99. The number of nitrogens with zero attached hydrogens (tertiary/aromatic N) is 1. The summed E-state index contributed by atoms with van der Waals surface area (Å²) in [5, 5.41) is 3.02. The summed E-state index contributed by atoms with van der Waals surface area (Å²) in [7, 11) is 1.38. The molecule has 1 amide bonds. The Bertz CT molecular complexity index is 275. The summed E-state index contributed by atoms with van der Waals surface area (Å²) < 4.78 is 4.74. The normalized spacial score (nSPS) is 16.7. The number of ether oxygens (including phenoxy) is 1. The van der Waals surface area contributed by atoms with Crippen molar-refractivity contribution < 1.29 is 14.3 Å². The van der Waals surface area contributed by atoms with Gasteiger partial charge in [-0.15, -0.1) is 0 Å². The molecule has 1 fully saturated rings. The predicted molar refractivity (Wildman–Crippen MR) is 69.1 cm³/mol. The van der Waals surface area contributed by atoms with E-state index >= 15 is 0 Å². The lowest BCUT2D eigenvalue weighted by molar-refractivity contribution is -0.143. The predicted octanol–water partition coefficient (Wildman–Crippen LogP) is 0.930. The van der Waals surface area contributed by atoms with Crippen LogP contribution in [0.3, 0.4) is 0 Å². The first-order chi connectivity index (χ1) is 8.69. The number of likely N-dealkylation sites (tertiary alicyclic amines) is 1. The third kappa shape index (κ3) is 4.64. The summed E-state index contributed by atoms with van der Waals surface area (Å²) >= 11 is 0. The van der Waals surface area contributed by atoms with Crippen molar-refractivity contribution in [2.24, 2.45) is 0 Å². The lowest BCUT2D eigenvalue weighted by Gasteiger charge is -2.19. The van der Waals surface area contributed by atoms with Crippen molar-refractivity contribution in [3.63, 3.8) is 0 Å². The van der Waals surface area contributed by atoms with E-state index in [1.54, 1.807) is 0 Å². The molecule has 0 saturated carbocycles. The molecule has 0 aliphatic carbocycles. The van der Waals surface area contributed by atoms with Gasteiger partial charge in [0.05, 0.1) is 13.7 Å². The molecule has 5 heteroatoms. The van der Waals surface area contributed by atoms with Gasteiger partial charge in [-0.2, -0.15) is 0 Å². The van der Waals surface area contributed by atoms with Crippen LogP contribution in [0.15, 0.2) is 0 Å². The monoisotopic (exact) mass is 256 g/mol. The highest BCUT2D eigenvalue weighted by Gasteiger charge is 2.22. The van der Waals surface area contributed by atoms with Gasteiger partial charge in [-0.1, -0.05) is 19.8 Å². The van der Waals surface area contributed by atoms with E-state index in [-0.39, 0.29) is 24.5 Å². The fraction of sp³-hybridized carbons (Fsp3) is 0.846. The van der Waals surface area contributed by atoms with E-state index in [1.165, 1.54) is 7.11 Å². The average molecular weight is 256 g/mol. The van der Waals surface area contributed by atoms with E-state index in [2.05, 4.69) is 12.2 Å². The second-order valence-corrected chi connectivity index (χ2v) is 4.69. The number of methoxy groups -OCH3 is 1. The molecule has 0 spiro atoms. The highest BCUT2D eigenvalue weighted by atomic mass is 16.5. The van der Waals surface area contributed by atoms with Crippen molar-refractivity contribution in [1.82, 2.24) is 10.2 Å². The Morgan fingerprint density at radius 3 is 2.56 bits per heavy atom. The second kappa shape index (κ2) is 8.08. The van der Waals surface area contributed by atoms with Crippen LogP contribution in [0.2, 0.25) is 0 Å². The van der Waals surface area contributed by atoms with Gasteiger partial charge >= 0.3 is 5.97 Å². The van der Waals surface area contributed by atoms with Crippen molar-refractivity contribution in [2.45, 2.75) is 45.1 Å². The topological polar surface area (TPSA) is 58.6 Å². The minimum absolute atomic E-state index is 0.0814. The summed E-state index contributed by atoms with van der Waals surface area (Å²) in [6, 6.07) is -0.360. The number of unbranched alkanes of at least 4 members (excludes halogenated alkanes) is 1. The zero-order valence-corrected chi connectivity index (χ0v) is 11.4. The molecule has 0 aromatic heterocycles. The molecule has 104 valence electrons. The van der Waals surface area contributed by atoms with Gasteiger partial charge in [-0.05, 0) is 19.3 Å². The molecule has 1 N–H and O–H groups in total. The summed E-state index contributed by atoms with van der Waals surface area (Å²) in [5.74, 6) is -0.199. The van der Waals surface area contributed by atoms with Gasteiger partial charge in [0.25, 0.3) is 0 Å². The van der Waals surface area contributed by atoms with E-state index in [0.29, 0.717) is 0 Å². The molecule has 0 aromatic rings. The van der Waals surface area contributed by atoms with Crippen molar-refractivity contribution in [2.75, 3.05) is 26.7 Å². The SMILES string of the molecule is CCCCC(NCC(=O)N1CCCC1)C(=O)OC. The van der Waals surface area contributed by atoms with Crippen LogP contribution >= 0.6 is 0 Å². The highest BCUT2D eigenvalue weighted by Crippen LogP contribution is 2.07. The average Bonchev–Trinajstić information content (AvgIpc) is 2.91. The van der Waals surface area contributed by atoms with Gasteiger partial charge in [0.15, 0.2) is 0 Å². The Morgan fingerprint density at radius 1 is 1.33 bits per heavy atom. The molecular weight excluding hydrogens is 232 g/mol. The number of carbonyl (C=O) groups excluding carboxylic acids is 2. The Kier molecular flexibility index (Phi) is 6.72. The largest absolute Gasteiger partial charge is 0.468 e. The van der Waals surface area contributed by atoms with Crippen molar-refractivity contribution >= 4 is 11.9 Å². The van der Waals surface area contributed by atoms with Gasteiger partial charge in [-0.3, -0.25) is 14.9 Å². The highest BCUT2D eigenvalue weighted by molar-refractivity contribution is 5.80. The van der Waals surface area contributed by atoms with Gasteiger partial charge in [0.2, 0.25) is 5.91 Å². The first kappa shape index (κ1) is 15.0. The summed E-state index contributed by atoms with van der Waals surface area (Å²) in [5.41, 5.74) is 0. The van der Waals surface area contributed by atoms with Crippen LogP contribution in [0.25, 0.3) is 0 Å². The Hall–Kier alpha value is -1.10. The minimum atomic E-state index is -0.360. The fourth-order valence-corrected chi connectivity index (χ4v) is 2.14. The maximum Gasteiger partial charge on any atom is 0.322 e. The molecule has 1 heterocycles. The third-order valence-electron chi connectivity index (χ3n) is 3.29. The fourth-order valence-electron chi connectivity index (χ4n) is 2.14. The number of rotatable bonds is 7. The van der Waals surface area contributed by atoms with Crippen molar-refractivity contribution in [1.29, 1.82) is 0 Å². The molecule has 1 rings (SSSR count). The minimum Gasteiger partial charge on any atom is -0.468 e. The Morgan fingerprint density at radius 2 is 2.00 bits per heavy atom. The molecule has 5 nitrogen and oxygen atoms in total. The molecule has 0 aromatic carbocycles. The van der Waals surface area contributed by atoms with E-state index in [9.17, 15) is 9.59 Å². The first-order valence-corrected chi connectivity index (χ1v) is 6.78. The molecule has 0 radical (unpaired) electrons. The number of esters is 1. The van der Waals surface area contributed by atoms with Crippen LogP contribution in [-0.2, 0) is 14.3 Å². The van der Waals surface area contributed by atoms with E-state index in [4.69, 9.17) is 4.74 Å². The Labute approximate surface area is 109 Å². The van der Waals surface area contributed by atoms with Crippen LogP contribution in [0, 0.1) is 0 Å². The molecule has 18 heavy (non-hydrogen) atoms. The van der Waals surface area contributed by atoms with Crippen molar-refractivity contribution in [3.8, 4) is 0 Å². The van der Waals surface area contributed by atoms with Gasteiger partial charge in [0.1, 0.15) is 6.04 Å². The molecular formula is C13H24N2O3. The lowest BCUT2D eigenvalue weighted by atomic mass is 10.1.